The maximum Gasteiger partial charge on any atom is 0.305 e. The zero-order valence-electron chi connectivity index (χ0n) is 11.0. The molecule has 2 aromatic rings. The monoisotopic (exact) mass is 294 g/mol. The lowest BCUT2D eigenvalue weighted by molar-refractivity contribution is -0.137. The maximum absolute atomic E-state index is 13.2. The van der Waals surface area contributed by atoms with Crippen LogP contribution in [0.3, 0.4) is 0 Å². The Morgan fingerprint density at radius 2 is 2.30 bits per heavy atom. The van der Waals surface area contributed by atoms with Crippen LogP contribution in [0.2, 0.25) is 0 Å². The fourth-order valence-corrected chi connectivity index (χ4v) is 2.61. The largest absolute Gasteiger partial charge is 0.481 e. The van der Waals surface area contributed by atoms with Crippen LogP contribution in [0.1, 0.15) is 28.6 Å². The number of nitrogens with one attached hydrogen (secondary N) is 1. The number of aryl methyl sites for hydroxylation is 1. The Hall–Kier alpha value is -1.79. The minimum absolute atomic E-state index is 0.0960. The second-order valence-corrected chi connectivity index (χ2v) is 5.41. The van der Waals surface area contributed by atoms with Crippen molar-refractivity contribution < 1.29 is 14.3 Å². The van der Waals surface area contributed by atoms with Gasteiger partial charge in [0.15, 0.2) is 0 Å². The van der Waals surface area contributed by atoms with Crippen LogP contribution in [0.5, 0.6) is 0 Å². The number of halogens is 1. The molecule has 1 heterocycles. The fourth-order valence-electron chi connectivity index (χ4n) is 1.93. The van der Waals surface area contributed by atoms with Gasteiger partial charge in [-0.1, -0.05) is 12.1 Å². The van der Waals surface area contributed by atoms with E-state index in [1.54, 1.807) is 12.1 Å². The summed E-state index contributed by atoms with van der Waals surface area (Å²) in [6.07, 6.45) is -0.0960. The first-order valence-electron chi connectivity index (χ1n) is 6.17. The SMILES string of the molecule is Cc1cc(CNC(CC(=O)O)c2cccc(F)c2)sn1. The molecule has 0 saturated carbocycles. The molecule has 6 heteroatoms. The van der Waals surface area contributed by atoms with E-state index in [1.165, 1.54) is 23.7 Å². The quantitative estimate of drug-likeness (QED) is 0.860. The van der Waals surface area contributed by atoms with Crippen molar-refractivity contribution in [3.8, 4) is 0 Å². The zero-order chi connectivity index (χ0) is 14.5. The van der Waals surface area contributed by atoms with E-state index in [1.807, 2.05) is 13.0 Å². The van der Waals surface area contributed by atoms with Crippen LogP contribution in [-0.4, -0.2) is 15.4 Å². The third kappa shape index (κ3) is 4.11. The van der Waals surface area contributed by atoms with Crippen molar-refractivity contribution in [1.82, 2.24) is 9.69 Å². The van der Waals surface area contributed by atoms with Gasteiger partial charge in [0.1, 0.15) is 5.82 Å². The molecular formula is C14H15FN2O2S. The lowest BCUT2D eigenvalue weighted by atomic mass is 10.0. The van der Waals surface area contributed by atoms with Gasteiger partial charge in [-0.3, -0.25) is 4.79 Å². The molecule has 0 radical (unpaired) electrons. The van der Waals surface area contributed by atoms with Crippen molar-refractivity contribution in [2.24, 2.45) is 0 Å². The van der Waals surface area contributed by atoms with E-state index >= 15 is 0 Å². The van der Waals surface area contributed by atoms with Crippen LogP contribution in [0.25, 0.3) is 0 Å². The first-order chi connectivity index (χ1) is 9.54. The second-order valence-electron chi connectivity index (χ2n) is 4.52. The topological polar surface area (TPSA) is 62.2 Å². The van der Waals surface area contributed by atoms with Gasteiger partial charge in [-0.05, 0) is 42.2 Å². The predicted octanol–water partition coefficient (Wildman–Crippen LogP) is 2.90. The minimum Gasteiger partial charge on any atom is -0.481 e. The van der Waals surface area contributed by atoms with E-state index in [9.17, 15) is 9.18 Å². The Balaban J connectivity index is 2.09. The van der Waals surface area contributed by atoms with Crippen LogP contribution in [0.4, 0.5) is 4.39 Å². The predicted molar refractivity (Wildman–Crippen MR) is 75.1 cm³/mol. The zero-order valence-corrected chi connectivity index (χ0v) is 11.8. The lowest BCUT2D eigenvalue weighted by Crippen LogP contribution is -2.23. The Kier molecular flexibility index (Phi) is 4.81. The number of aliphatic carboxylic acids is 1. The number of aromatic nitrogens is 1. The molecule has 0 bridgehead atoms. The molecule has 1 unspecified atom stereocenters. The maximum atomic E-state index is 13.2. The Bertz CT molecular complexity index is 600. The molecule has 0 aliphatic carbocycles. The number of carbonyl (C=O) groups is 1. The summed E-state index contributed by atoms with van der Waals surface area (Å²) in [7, 11) is 0. The summed E-state index contributed by atoms with van der Waals surface area (Å²) < 4.78 is 17.4. The Labute approximate surface area is 120 Å². The summed E-state index contributed by atoms with van der Waals surface area (Å²) in [5, 5.41) is 12.1. The highest BCUT2D eigenvalue weighted by Crippen LogP contribution is 2.19. The van der Waals surface area contributed by atoms with Crippen LogP contribution in [-0.2, 0) is 11.3 Å². The average molecular weight is 294 g/mol. The first-order valence-corrected chi connectivity index (χ1v) is 6.95. The number of nitrogens with zero attached hydrogens (tertiary/aromatic N) is 1. The normalized spacial score (nSPS) is 12.3. The summed E-state index contributed by atoms with van der Waals surface area (Å²) in [5.41, 5.74) is 1.57. The standard InChI is InChI=1S/C14H15FN2O2S/c1-9-5-12(20-17-9)8-16-13(7-14(18)19)10-3-2-4-11(15)6-10/h2-6,13,16H,7-8H2,1H3,(H,18,19). The molecule has 0 saturated heterocycles. The van der Waals surface area contributed by atoms with Gasteiger partial charge < -0.3 is 10.4 Å². The third-order valence-corrected chi connectivity index (χ3v) is 3.71. The molecule has 0 amide bonds. The summed E-state index contributed by atoms with van der Waals surface area (Å²) in [6, 6.07) is 7.53. The molecule has 0 spiro atoms. The molecule has 4 nitrogen and oxygen atoms in total. The van der Waals surface area contributed by atoms with E-state index in [0.717, 1.165) is 10.6 Å². The Morgan fingerprint density at radius 3 is 2.90 bits per heavy atom. The second kappa shape index (κ2) is 6.58. The molecule has 0 aliphatic rings. The molecule has 106 valence electrons. The van der Waals surface area contributed by atoms with Gasteiger partial charge in [0.05, 0.1) is 12.1 Å². The third-order valence-electron chi connectivity index (χ3n) is 2.83. The molecule has 0 aliphatic heterocycles. The van der Waals surface area contributed by atoms with Crippen LogP contribution in [0.15, 0.2) is 30.3 Å². The van der Waals surface area contributed by atoms with Gasteiger partial charge >= 0.3 is 5.97 Å². The van der Waals surface area contributed by atoms with Crippen molar-refractivity contribution in [3.05, 3.63) is 52.3 Å². The Morgan fingerprint density at radius 1 is 1.50 bits per heavy atom. The van der Waals surface area contributed by atoms with Crippen LogP contribution < -0.4 is 5.32 Å². The molecule has 1 aromatic carbocycles. The summed E-state index contributed by atoms with van der Waals surface area (Å²) in [5.74, 6) is -1.29. The van der Waals surface area contributed by atoms with Gasteiger partial charge in [0, 0.05) is 17.5 Å². The van der Waals surface area contributed by atoms with E-state index in [-0.39, 0.29) is 12.2 Å². The lowest BCUT2D eigenvalue weighted by Gasteiger charge is -2.16. The van der Waals surface area contributed by atoms with E-state index in [4.69, 9.17) is 5.11 Å². The van der Waals surface area contributed by atoms with Crippen molar-refractivity contribution >= 4 is 17.5 Å². The van der Waals surface area contributed by atoms with Crippen molar-refractivity contribution in [2.75, 3.05) is 0 Å². The molecule has 1 aromatic heterocycles. The number of hydrogen-bond acceptors (Lipinski definition) is 4. The molecule has 0 fully saturated rings. The highest BCUT2D eigenvalue weighted by molar-refractivity contribution is 7.05. The number of carboxylic acids is 1. The number of hydrogen-bond donors (Lipinski definition) is 2. The van der Waals surface area contributed by atoms with Gasteiger partial charge in [-0.2, -0.15) is 4.37 Å². The van der Waals surface area contributed by atoms with Crippen LogP contribution in [0, 0.1) is 12.7 Å². The first kappa shape index (κ1) is 14.6. The average Bonchev–Trinajstić information content (AvgIpc) is 2.80. The summed E-state index contributed by atoms with van der Waals surface area (Å²) in [6.45, 7) is 2.42. The van der Waals surface area contributed by atoms with Crippen molar-refractivity contribution in [1.29, 1.82) is 0 Å². The number of benzene rings is 1. The van der Waals surface area contributed by atoms with Gasteiger partial charge in [-0.25, -0.2) is 4.39 Å². The fraction of sp³-hybridized carbons (Fsp3) is 0.286. The van der Waals surface area contributed by atoms with Crippen molar-refractivity contribution in [3.63, 3.8) is 0 Å². The molecular weight excluding hydrogens is 279 g/mol. The molecule has 2 rings (SSSR count). The molecule has 2 N–H and O–H groups in total. The molecule has 20 heavy (non-hydrogen) atoms. The van der Waals surface area contributed by atoms with E-state index in [0.29, 0.717) is 12.1 Å². The van der Waals surface area contributed by atoms with Gasteiger partial charge in [-0.15, -0.1) is 0 Å². The number of carboxylic acid groups (broad SMARTS) is 1. The van der Waals surface area contributed by atoms with Gasteiger partial charge in [0.25, 0.3) is 0 Å². The minimum atomic E-state index is -0.924. The van der Waals surface area contributed by atoms with E-state index < -0.39 is 12.0 Å². The smallest absolute Gasteiger partial charge is 0.305 e. The van der Waals surface area contributed by atoms with Gasteiger partial charge in [0.2, 0.25) is 0 Å². The summed E-state index contributed by atoms with van der Waals surface area (Å²) >= 11 is 1.37. The molecule has 1 atom stereocenters. The van der Waals surface area contributed by atoms with Crippen LogP contribution >= 0.6 is 11.5 Å². The highest BCUT2D eigenvalue weighted by Gasteiger charge is 2.16. The van der Waals surface area contributed by atoms with Crippen molar-refractivity contribution in [2.45, 2.75) is 25.9 Å². The van der Waals surface area contributed by atoms with E-state index in [2.05, 4.69) is 9.69 Å². The summed E-state index contributed by atoms with van der Waals surface area (Å²) in [4.78, 5) is 12.0. The number of rotatable bonds is 6. The highest BCUT2D eigenvalue weighted by atomic mass is 32.1.